The quantitative estimate of drug-likeness (QED) is 0.321. The number of carbonyl (C=O) groups excluding carboxylic acids is 2. The van der Waals surface area contributed by atoms with Crippen LogP contribution in [0.5, 0.6) is 5.75 Å². The van der Waals surface area contributed by atoms with Crippen LogP contribution in [-0.4, -0.2) is 34.3 Å². The summed E-state index contributed by atoms with van der Waals surface area (Å²) in [5, 5.41) is 13.1. The Kier molecular flexibility index (Phi) is 5.99. The molecule has 1 amide bonds. The van der Waals surface area contributed by atoms with Crippen molar-refractivity contribution in [2.45, 2.75) is 39.3 Å². The highest BCUT2D eigenvalue weighted by atomic mass is 16.5. The van der Waals surface area contributed by atoms with E-state index in [0.717, 1.165) is 16.3 Å². The molecule has 0 bridgehead atoms. The monoisotopic (exact) mass is 429 g/mol. The second-order valence-corrected chi connectivity index (χ2v) is 8.25. The number of rotatable bonds is 6. The summed E-state index contributed by atoms with van der Waals surface area (Å²) in [6, 6.07) is 20.0. The molecule has 1 atom stereocenters. The fourth-order valence-electron chi connectivity index (χ4n) is 4.28. The van der Waals surface area contributed by atoms with Crippen molar-refractivity contribution < 1.29 is 19.4 Å². The molecule has 1 unspecified atom stereocenters. The summed E-state index contributed by atoms with van der Waals surface area (Å²) in [5.41, 5.74) is 1.43. The van der Waals surface area contributed by atoms with E-state index in [1.165, 1.54) is 0 Å². The third-order valence-corrected chi connectivity index (χ3v) is 5.62. The Morgan fingerprint density at radius 1 is 1.00 bits per heavy atom. The zero-order valence-corrected chi connectivity index (χ0v) is 18.5. The molecule has 1 heterocycles. The number of Topliss-reactive ketones (excluding diaryl/α,β-unsaturated/α-hetero) is 1. The standard InChI is InChI=1S/C27H27NO4/c1-4-16-28-24(19-12-14-20(15-13-19)32-17(2)3)23(26(30)27(28)31)25(29)22-11-7-9-18-8-5-6-10-21(18)22/h5-15,17,24,29H,4,16H2,1-3H3/b25-23-. The first-order valence-electron chi connectivity index (χ1n) is 11.0. The van der Waals surface area contributed by atoms with Gasteiger partial charge in [0.1, 0.15) is 11.5 Å². The lowest BCUT2D eigenvalue weighted by Gasteiger charge is -2.25. The number of aliphatic hydroxyl groups excluding tert-OH is 1. The van der Waals surface area contributed by atoms with Gasteiger partial charge >= 0.3 is 0 Å². The van der Waals surface area contributed by atoms with Gasteiger partial charge in [0.2, 0.25) is 0 Å². The molecule has 0 radical (unpaired) electrons. The number of hydrogen-bond donors (Lipinski definition) is 1. The summed E-state index contributed by atoms with van der Waals surface area (Å²) in [6.45, 7) is 6.29. The highest BCUT2D eigenvalue weighted by Gasteiger charge is 2.45. The number of aliphatic hydroxyl groups is 1. The maximum Gasteiger partial charge on any atom is 0.295 e. The molecule has 3 aromatic rings. The van der Waals surface area contributed by atoms with Gasteiger partial charge in [0.05, 0.1) is 17.7 Å². The summed E-state index contributed by atoms with van der Waals surface area (Å²) in [6.07, 6.45) is 0.741. The van der Waals surface area contributed by atoms with Crippen LogP contribution >= 0.6 is 0 Å². The zero-order chi connectivity index (χ0) is 22.8. The van der Waals surface area contributed by atoms with Gasteiger partial charge in [-0.2, -0.15) is 0 Å². The summed E-state index contributed by atoms with van der Waals surface area (Å²) in [7, 11) is 0. The molecule has 1 aliphatic heterocycles. The van der Waals surface area contributed by atoms with Crippen molar-refractivity contribution in [3.05, 3.63) is 83.4 Å². The first kappa shape index (κ1) is 21.6. The number of amides is 1. The molecule has 1 saturated heterocycles. The van der Waals surface area contributed by atoms with Crippen molar-refractivity contribution >= 4 is 28.2 Å². The van der Waals surface area contributed by atoms with Crippen molar-refractivity contribution in [1.29, 1.82) is 0 Å². The minimum atomic E-state index is -0.656. The fourth-order valence-corrected chi connectivity index (χ4v) is 4.28. The zero-order valence-electron chi connectivity index (χ0n) is 18.5. The van der Waals surface area contributed by atoms with Gasteiger partial charge in [-0.3, -0.25) is 9.59 Å². The van der Waals surface area contributed by atoms with Crippen LogP contribution in [0.15, 0.2) is 72.3 Å². The first-order chi connectivity index (χ1) is 15.4. The van der Waals surface area contributed by atoms with Crippen molar-refractivity contribution in [2.24, 2.45) is 0 Å². The van der Waals surface area contributed by atoms with Crippen LogP contribution in [0.4, 0.5) is 0 Å². The van der Waals surface area contributed by atoms with E-state index < -0.39 is 17.7 Å². The van der Waals surface area contributed by atoms with Gasteiger partial charge in [-0.15, -0.1) is 0 Å². The third kappa shape index (κ3) is 3.86. The molecule has 1 N–H and O–H groups in total. The second kappa shape index (κ2) is 8.87. The summed E-state index contributed by atoms with van der Waals surface area (Å²) >= 11 is 0. The van der Waals surface area contributed by atoms with Gasteiger partial charge in [0.15, 0.2) is 0 Å². The van der Waals surface area contributed by atoms with Gasteiger partial charge in [-0.05, 0) is 48.7 Å². The highest BCUT2D eigenvalue weighted by Crippen LogP contribution is 2.41. The second-order valence-electron chi connectivity index (χ2n) is 8.25. The van der Waals surface area contributed by atoms with Gasteiger partial charge in [-0.25, -0.2) is 0 Å². The van der Waals surface area contributed by atoms with E-state index in [2.05, 4.69) is 0 Å². The number of likely N-dealkylation sites (tertiary alicyclic amines) is 1. The Balaban J connectivity index is 1.88. The number of hydrogen-bond acceptors (Lipinski definition) is 4. The van der Waals surface area contributed by atoms with E-state index in [-0.39, 0.29) is 17.4 Å². The minimum Gasteiger partial charge on any atom is -0.507 e. The number of ether oxygens (including phenoxy) is 1. The average molecular weight is 430 g/mol. The van der Waals surface area contributed by atoms with Crippen LogP contribution in [-0.2, 0) is 9.59 Å². The normalized spacial score (nSPS) is 18.0. The lowest BCUT2D eigenvalue weighted by molar-refractivity contribution is -0.139. The predicted molar refractivity (Wildman–Crippen MR) is 125 cm³/mol. The van der Waals surface area contributed by atoms with Crippen LogP contribution in [0, 0.1) is 0 Å². The van der Waals surface area contributed by atoms with Crippen molar-refractivity contribution in [2.75, 3.05) is 6.54 Å². The van der Waals surface area contributed by atoms with Crippen LogP contribution < -0.4 is 4.74 Å². The molecule has 1 fully saturated rings. The van der Waals surface area contributed by atoms with E-state index in [1.807, 2.05) is 81.4 Å². The Morgan fingerprint density at radius 3 is 2.38 bits per heavy atom. The van der Waals surface area contributed by atoms with Crippen LogP contribution in [0.3, 0.4) is 0 Å². The van der Waals surface area contributed by atoms with E-state index in [0.29, 0.717) is 24.3 Å². The molecule has 0 spiro atoms. The molecule has 5 nitrogen and oxygen atoms in total. The van der Waals surface area contributed by atoms with Gasteiger partial charge < -0.3 is 14.7 Å². The third-order valence-electron chi connectivity index (χ3n) is 5.62. The Morgan fingerprint density at radius 2 is 1.69 bits per heavy atom. The SMILES string of the molecule is CCCN1C(=O)C(=O)/C(=C(\O)c2cccc3ccccc23)C1c1ccc(OC(C)C)cc1. The topological polar surface area (TPSA) is 66.8 Å². The van der Waals surface area contributed by atoms with Crippen LogP contribution in [0.1, 0.15) is 44.4 Å². The van der Waals surface area contributed by atoms with E-state index >= 15 is 0 Å². The number of nitrogens with zero attached hydrogens (tertiary/aromatic N) is 1. The number of benzene rings is 3. The van der Waals surface area contributed by atoms with E-state index in [1.54, 1.807) is 11.0 Å². The van der Waals surface area contributed by atoms with E-state index in [4.69, 9.17) is 4.74 Å². The molecule has 5 heteroatoms. The molecular weight excluding hydrogens is 402 g/mol. The van der Waals surface area contributed by atoms with Gasteiger partial charge in [0, 0.05) is 12.1 Å². The minimum absolute atomic E-state index is 0.0398. The van der Waals surface area contributed by atoms with Crippen LogP contribution in [0.2, 0.25) is 0 Å². The van der Waals surface area contributed by atoms with E-state index in [9.17, 15) is 14.7 Å². The molecule has 32 heavy (non-hydrogen) atoms. The summed E-state index contributed by atoms with van der Waals surface area (Å²) < 4.78 is 5.73. The fraction of sp³-hybridized carbons (Fsp3) is 0.259. The maximum absolute atomic E-state index is 13.1. The Bertz CT molecular complexity index is 1190. The molecule has 0 saturated carbocycles. The van der Waals surface area contributed by atoms with Crippen molar-refractivity contribution in [1.82, 2.24) is 4.90 Å². The molecule has 0 aliphatic carbocycles. The molecular formula is C27H27NO4. The first-order valence-corrected chi connectivity index (χ1v) is 11.0. The van der Waals surface area contributed by atoms with Gasteiger partial charge in [-0.1, -0.05) is 61.5 Å². The molecule has 0 aromatic heterocycles. The van der Waals surface area contributed by atoms with Crippen LogP contribution in [0.25, 0.3) is 16.5 Å². The molecule has 1 aliphatic rings. The Labute approximate surface area is 187 Å². The average Bonchev–Trinajstić information content (AvgIpc) is 3.04. The Hall–Kier alpha value is -3.60. The largest absolute Gasteiger partial charge is 0.507 e. The molecule has 164 valence electrons. The van der Waals surface area contributed by atoms with Crippen molar-refractivity contribution in [3.8, 4) is 5.75 Å². The summed E-state index contributed by atoms with van der Waals surface area (Å²) in [4.78, 5) is 27.6. The predicted octanol–water partition coefficient (Wildman–Crippen LogP) is 5.46. The number of ketones is 1. The lowest BCUT2D eigenvalue weighted by Crippen LogP contribution is -2.30. The van der Waals surface area contributed by atoms with Crippen molar-refractivity contribution in [3.63, 3.8) is 0 Å². The van der Waals surface area contributed by atoms with Gasteiger partial charge in [0.25, 0.3) is 11.7 Å². The highest BCUT2D eigenvalue weighted by molar-refractivity contribution is 6.46. The molecule has 3 aromatic carbocycles. The number of fused-ring (bicyclic) bond motifs is 1. The lowest BCUT2D eigenvalue weighted by atomic mass is 9.93. The smallest absolute Gasteiger partial charge is 0.295 e. The number of carbonyl (C=O) groups is 2. The molecule has 4 rings (SSSR count). The summed E-state index contributed by atoms with van der Waals surface area (Å²) in [5.74, 6) is -0.672. The maximum atomic E-state index is 13.1.